The van der Waals surface area contributed by atoms with Crippen molar-refractivity contribution >= 4 is 0 Å². The minimum atomic E-state index is 0. The van der Waals surface area contributed by atoms with E-state index in [0.29, 0.717) is 36.6 Å². The SMILES string of the molecule is CC1C2CC(CO)C(O2)C1C.[Ac]. The van der Waals surface area contributed by atoms with Crippen molar-refractivity contribution in [3.8, 4) is 0 Å². The summed E-state index contributed by atoms with van der Waals surface area (Å²) in [6.07, 6.45) is 1.86. The Morgan fingerprint density at radius 2 is 2.00 bits per heavy atom. The first-order chi connectivity index (χ1) is 5.24. The molecular formula is C9H16AcO2. The summed E-state index contributed by atoms with van der Waals surface area (Å²) in [5.41, 5.74) is 0. The maximum Gasteiger partial charge on any atom is 0.0659 e. The van der Waals surface area contributed by atoms with Gasteiger partial charge in [0.15, 0.2) is 0 Å². The Hall–Kier alpha value is 1.36. The van der Waals surface area contributed by atoms with Crippen molar-refractivity contribution in [3.05, 3.63) is 0 Å². The van der Waals surface area contributed by atoms with E-state index in [-0.39, 0.29) is 44.1 Å². The first-order valence-corrected chi connectivity index (χ1v) is 4.50. The van der Waals surface area contributed by atoms with Crippen LogP contribution in [0.1, 0.15) is 20.3 Å². The standard InChI is InChI=1S/C9H16O2.Ac/c1-5-6(2)9-7(4-10)3-8(5)11-9;/h5-10H,3-4H2,1-2H3;. The molecule has 0 aromatic carbocycles. The number of hydrogen-bond donors (Lipinski definition) is 1. The van der Waals surface area contributed by atoms with E-state index in [4.69, 9.17) is 9.84 Å². The second-order valence-corrected chi connectivity index (χ2v) is 4.04. The van der Waals surface area contributed by atoms with E-state index >= 15 is 0 Å². The van der Waals surface area contributed by atoms with E-state index in [1.54, 1.807) is 0 Å². The van der Waals surface area contributed by atoms with Crippen molar-refractivity contribution in [3.63, 3.8) is 0 Å². The molecule has 0 spiro atoms. The van der Waals surface area contributed by atoms with Gasteiger partial charge in [0, 0.05) is 56.6 Å². The fourth-order valence-corrected chi connectivity index (χ4v) is 2.51. The molecule has 2 saturated heterocycles. The van der Waals surface area contributed by atoms with Crippen LogP contribution in [0.5, 0.6) is 0 Å². The summed E-state index contributed by atoms with van der Waals surface area (Å²) in [5.74, 6) is 1.76. The van der Waals surface area contributed by atoms with Gasteiger partial charge in [0.1, 0.15) is 0 Å². The number of fused-ring (bicyclic) bond motifs is 2. The third-order valence-electron chi connectivity index (χ3n) is 3.50. The van der Waals surface area contributed by atoms with Gasteiger partial charge in [-0.05, 0) is 18.3 Å². The zero-order chi connectivity index (χ0) is 8.01. The molecule has 0 aromatic rings. The van der Waals surface area contributed by atoms with Gasteiger partial charge in [0.05, 0.1) is 12.2 Å². The van der Waals surface area contributed by atoms with Gasteiger partial charge in [-0.25, -0.2) is 0 Å². The Morgan fingerprint density at radius 3 is 2.42 bits per heavy atom. The predicted molar refractivity (Wildman–Crippen MR) is 42.2 cm³/mol. The van der Waals surface area contributed by atoms with Gasteiger partial charge >= 0.3 is 0 Å². The summed E-state index contributed by atoms with van der Waals surface area (Å²) in [6, 6.07) is 0. The summed E-state index contributed by atoms with van der Waals surface area (Å²) in [4.78, 5) is 0. The van der Waals surface area contributed by atoms with E-state index in [9.17, 15) is 0 Å². The first kappa shape index (κ1) is 11.4. The third kappa shape index (κ3) is 1.63. The molecule has 2 rings (SSSR count). The molecule has 0 amide bonds. The van der Waals surface area contributed by atoms with E-state index in [2.05, 4.69) is 13.8 Å². The maximum absolute atomic E-state index is 9.01. The molecule has 2 aliphatic heterocycles. The zero-order valence-electron chi connectivity index (χ0n) is 7.73. The molecular weight excluding hydrogens is 367 g/mol. The van der Waals surface area contributed by atoms with Crippen LogP contribution in [0.25, 0.3) is 0 Å². The fraction of sp³-hybridized carbons (Fsp3) is 1.00. The predicted octanol–water partition coefficient (Wildman–Crippen LogP) is 1.04. The quantitative estimate of drug-likeness (QED) is 0.734. The van der Waals surface area contributed by atoms with Crippen LogP contribution in [0.2, 0.25) is 0 Å². The Labute approximate surface area is 110 Å². The minimum Gasteiger partial charge on any atom is -0.396 e. The van der Waals surface area contributed by atoms with Crippen LogP contribution in [0, 0.1) is 61.8 Å². The van der Waals surface area contributed by atoms with Crippen molar-refractivity contribution in [2.75, 3.05) is 6.61 Å². The minimum absolute atomic E-state index is 0. The summed E-state index contributed by atoms with van der Waals surface area (Å²) in [7, 11) is 0. The van der Waals surface area contributed by atoms with Gasteiger partial charge in [-0.2, -0.15) is 0 Å². The molecule has 0 aliphatic carbocycles. The monoisotopic (exact) mass is 383 g/mol. The van der Waals surface area contributed by atoms with Crippen molar-refractivity contribution in [2.45, 2.75) is 32.5 Å². The molecule has 2 bridgehead atoms. The van der Waals surface area contributed by atoms with Gasteiger partial charge in [-0.15, -0.1) is 0 Å². The molecule has 0 saturated carbocycles. The average molecular weight is 383 g/mol. The molecule has 1 N–H and O–H groups in total. The van der Waals surface area contributed by atoms with Crippen LogP contribution in [0.4, 0.5) is 0 Å². The van der Waals surface area contributed by atoms with Gasteiger partial charge in [-0.3, -0.25) is 0 Å². The van der Waals surface area contributed by atoms with Gasteiger partial charge in [0.25, 0.3) is 0 Å². The first-order valence-electron chi connectivity index (χ1n) is 4.50. The summed E-state index contributed by atoms with van der Waals surface area (Å²) in [6.45, 7) is 4.79. The molecule has 2 fully saturated rings. The van der Waals surface area contributed by atoms with Crippen LogP contribution in [0.3, 0.4) is 0 Å². The van der Waals surface area contributed by atoms with Gasteiger partial charge in [-0.1, -0.05) is 13.8 Å². The zero-order valence-corrected chi connectivity index (χ0v) is 12.5. The van der Waals surface area contributed by atoms with Crippen LogP contribution in [-0.2, 0) is 4.74 Å². The van der Waals surface area contributed by atoms with E-state index in [1.807, 2.05) is 0 Å². The summed E-state index contributed by atoms with van der Waals surface area (Å²) >= 11 is 0. The fourth-order valence-electron chi connectivity index (χ4n) is 2.51. The molecule has 3 heteroatoms. The Balaban J connectivity index is 0.000000720. The maximum atomic E-state index is 9.01. The van der Waals surface area contributed by atoms with E-state index < -0.39 is 0 Å². The molecule has 5 atom stereocenters. The molecule has 67 valence electrons. The number of hydrogen-bond acceptors (Lipinski definition) is 2. The Morgan fingerprint density at radius 1 is 1.33 bits per heavy atom. The Kier molecular flexibility index (Phi) is 4.06. The van der Waals surface area contributed by atoms with Crippen molar-refractivity contribution < 1.29 is 53.9 Å². The molecule has 5 unspecified atom stereocenters. The number of aliphatic hydroxyl groups is 1. The molecule has 2 nitrogen and oxygen atoms in total. The topological polar surface area (TPSA) is 29.5 Å². The smallest absolute Gasteiger partial charge is 0.0659 e. The molecule has 12 heavy (non-hydrogen) atoms. The van der Waals surface area contributed by atoms with Crippen molar-refractivity contribution in [1.29, 1.82) is 0 Å². The molecule has 2 heterocycles. The van der Waals surface area contributed by atoms with Crippen LogP contribution in [0.15, 0.2) is 0 Å². The van der Waals surface area contributed by atoms with Crippen molar-refractivity contribution in [1.82, 2.24) is 0 Å². The number of rotatable bonds is 1. The summed E-state index contributed by atoms with van der Waals surface area (Å²) < 4.78 is 5.74. The van der Waals surface area contributed by atoms with Crippen LogP contribution < -0.4 is 0 Å². The third-order valence-corrected chi connectivity index (χ3v) is 3.50. The molecule has 2 aliphatic rings. The number of aliphatic hydroxyl groups excluding tert-OH is 1. The van der Waals surface area contributed by atoms with Gasteiger partial charge < -0.3 is 9.84 Å². The second kappa shape index (κ2) is 4.26. The summed E-state index contributed by atoms with van der Waals surface area (Å²) in [5, 5.41) is 9.01. The largest absolute Gasteiger partial charge is 0.396 e. The van der Waals surface area contributed by atoms with Gasteiger partial charge in [0.2, 0.25) is 0 Å². The molecule has 1 radical (unpaired) electrons. The second-order valence-electron chi connectivity index (χ2n) is 4.04. The van der Waals surface area contributed by atoms with Crippen LogP contribution in [-0.4, -0.2) is 23.9 Å². The average Bonchev–Trinajstić information content (AvgIpc) is 2.53. The van der Waals surface area contributed by atoms with Crippen LogP contribution >= 0.6 is 0 Å². The normalized spacial score (nSPS) is 50.8. The molecule has 0 aromatic heterocycles. The van der Waals surface area contributed by atoms with E-state index in [0.717, 1.165) is 6.42 Å². The van der Waals surface area contributed by atoms with E-state index in [1.165, 1.54) is 0 Å². The van der Waals surface area contributed by atoms with Crippen molar-refractivity contribution in [2.24, 2.45) is 17.8 Å². The Bertz CT molecular complexity index is 157. The number of ether oxygens (including phenoxy) is 1.